The van der Waals surface area contributed by atoms with Gasteiger partial charge in [-0.3, -0.25) is 14.5 Å². The van der Waals surface area contributed by atoms with Crippen LogP contribution in [0.2, 0.25) is 0 Å². The number of tetrazole rings is 1. The number of aromatic nitrogens is 4. The molecule has 144 valence electrons. The fourth-order valence-electron chi connectivity index (χ4n) is 2.91. The Labute approximate surface area is 162 Å². The van der Waals surface area contributed by atoms with Crippen molar-refractivity contribution in [3.05, 3.63) is 24.3 Å². The second-order valence-electron chi connectivity index (χ2n) is 8.01. The highest BCUT2D eigenvalue weighted by molar-refractivity contribution is 8.00. The minimum Gasteiger partial charge on any atom is -0.322 e. The number of benzene rings is 1. The smallest absolute Gasteiger partial charge is 0.250 e. The van der Waals surface area contributed by atoms with Crippen molar-refractivity contribution in [2.45, 2.75) is 63.0 Å². The molecule has 2 aromatic rings. The molecule has 0 fully saturated rings. The third-order valence-corrected chi connectivity index (χ3v) is 5.46. The zero-order chi connectivity index (χ0) is 20.0. The summed E-state index contributed by atoms with van der Waals surface area (Å²) in [4.78, 5) is 27.5. The van der Waals surface area contributed by atoms with Crippen LogP contribution < -0.4 is 10.2 Å². The molecule has 1 aromatic carbocycles. The first-order valence-corrected chi connectivity index (χ1v) is 9.61. The maximum Gasteiger partial charge on any atom is 0.250 e. The van der Waals surface area contributed by atoms with Crippen LogP contribution in [0.5, 0.6) is 0 Å². The molecule has 2 heterocycles. The van der Waals surface area contributed by atoms with Crippen molar-refractivity contribution < 1.29 is 9.59 Å². The molecule has 27 heavy (non-hydrogen) atoms. The molecule has 1 aliphatic heterocycles. The van der Waals surface area contributed by atoms with E-state index in [0.717, 1.165) is 0 Å². The van der Waals surface area contributed by atoms with Crippen LogP contribution in [0.4, 0.5) is 11.4 Å². The van der Waals surface area contributed by atoms with Gasteiger partial charge in [-0.05, 0) is 64.1 Å². The summed E-state index contributed by atoms with van der Waals surface area (Å²) in [5, 5.41) is 14.8. The first kappa shape index (κ1) is 19.3. The lowest BCUT2D eigenvalue weighted by Gasteiger charge is -2.43. The fraction of sp³-hybridized carbons (Fsp3) is 0.500. The predicted octanol–water partition coefficient (Wildman–Crippen LogP) is 2.67. The number of hydrogen-bond acceptors (Lipinski definition) is 6. The lowest BCUT2D eigenvalue weighted by atomic mass is 9.96. The molecule has 1 atom stereocenters. The number of fused-ring (bicyclic) bond motifs is 1. The first-order valence-electron chi connectivity index (χ1n) is 8.73. The number of amides is 2. The van der Waals surface area contributed by atoms with E-state index in [1.54, 1.807) is 36.4 Å². The number of nitrogens with one attached hydrogen (secondary N) is 1. The van der Waals surface area contributed by atoms with Crippen LogP contribution in [0.25, 0.3) is 0 Å². The highest BCUT2D eigenvalue weighted by atomic mass is 32.2. The van der Waals surface area contributed by atoms with Gasteiger partial charge in [-0.25, -0.2) is 4.68 Å². The number of thioether (sulfide) groups is 1. The number of para-hydroxylation sites is 2. The molecule has 1 unspecified atom stereocenters. The van der Waals surface area contributed by atoms with Gasteiger partial charge >= 0.3 is 0 Å². The van der Waals surface area contributed by atoms with Gasteiger partial charge < -0.3 is 5.32 Å². The van der Waals surface area contributed by atoms with Crippen molar-refractivity contribution in [2.24, 2.45) is 0 Å². The molecule has 1 aliphatic rings. The third kappa shape index (κ3) is 3.43. The van der Waals surface area contributed by atoms with Crippen LogP contribution in [-0.2, 0) is 15.1 Å². The Balaban J connectivity index is 1.93. The summed E-state index contributed by atoms with van der Waals surface area (Å²) < 4.78 is 1.70. The Bertz CT molecular complexity index is 886. The van der Waals surface area contributed by atoms with Crippen LogP contribution in [0.15, 0.2) is 29.4 Å². The van der Waals surface area contributed by atoms with E-state index in [4.69, 9.17) is 0 Å². The Kier molecular flexibility index (Phi) is 4.75. The summed E-state index contributed by atoms with van der Waals surface area (Å²) in [6.45, 7) is 11.3. The van der Waals surface area contributed by atoms with E-state index in [1.165, 1.54) is 11.8 Å². The second kappa shape index (κ2) is 6.63. The van der Waals surface area contributed by atoms with Crippen molar-refractivity contribution >= 4 is 35.0 Å². The lowest BCUT2D eigenvalue weighted by Crippen LogP contribution is -2.60. The third-order valence-electron chi connectivity index (χ3n) is 4.43. The maximum absolute atomic E-state index is 13.4. The van der Waals surface area contributed by atoms with Crippen LogP contribution >= 0.6 is 11.8 Å². The van der Waals surface area contributed by atoms with E-state index in [-0.39, 0.29) is 17.4 Å². The molecule has 2 amide bonds. The van der Waals surface area contributed by atoms with Gasteiger partial charge in [-0.1, -0.05) is 23.9 Å². The zero-order valence-corrected chi connectivity index (χ0v) is 17.2. The molecule has 0 saturated carbocycles. The van der Waals surface area contributed by atoms with Gasteiger partial charge in [0.25, 0.3) is 0 Å². The van der Waals surface area contributed by atoms with Crippen LogP contribution in [0, 0.1) is 0 Å². The summed E-state index contributed by atoms with van der Waals surface area (Å²) in [7, 11) is 0. The molecule has 8 nitrogen and oxygen atoms in total. The Morgan fingerprint density at radius 3 is 2.59 bits per heavy atom. The molecule has 0 aliphatic carbocycles. The number of carbonyl (C=O) groups is 2. The molecule has 0 bridgehead atoms. The van der Waals surface area contributed by atoms with E-state index in [9.17, 15) is 9.59 Å². The lowest BCUT2D eigenvalue weighted by molar-refractivity contribution is -0.126. The molecule has 0 radical (unpaired) electrons. The molecular formula is C18H24N6O2S. The summed E-state index contributed by atoms with van der Waals surface area (Å²) in [6, 6.07) is 7.31. The summed E-state index contributed by atoms with van der Waals surface area (Å²) in [5.74, 6) is -0.387. The van der Waals surface area contributed by atoms with Crippen molar-refractivity contribution in [3.63, 3.8) is 0 Å². The summed E-state index contributed by atoms with van der Waals surface area (Å²) in [6.07, 6.45) is 0. The molecule has 9 heteroatoms. The molecule has 1 N–H and O–H groups in total. The maximum atomic E-state index is 13.4. The van der Waals surface area contributed by atoms with E-state index in [1.807, 2.05) is 39.0 Å². The van der Waals surface area contributed by atoms with Crippen molar-refractivity contribution in [3.8, 4) is 0 Å². The van der Waals surface area contributed by atoms with Crippen molar-refractivity contribution in [1.29, 1.82) is 0 Å². The largest absolute Gasteiger partial charge is 0.322 e. The molecule has 0 saturated heterocycles. The minimum atomic E-state index is -1.00. The highest BCUT2D eigenvalue weighted by Crippen LogP contribution is 2.38. The first-order chi connectivity index (χ1) is 12.5. The van der Waals surface area contributed by atoms with Gasteiger partial charge in [0.1, 0.15) is 5.54 Å². The predicted molar refractivity (Wildman–Crippen MR) is 105 cm³/mol. The number of hydrogen-bond donors (Lipinski definition) is 1. The summed E-state index contributed by atoms with van der Waals surface area (Å²) >= 11 is 1.29. The SMILES string of the molecule is CC(Sc1nnnn1C(C)(C)C)C(=O)N1c2ccccc2NC(=O)C1(C)C. The standard InChI is InChI=1S/C18H24N6O2S/c1-11(27-16-20-21-22-24(16)17(2,3)4)14(25)23-13-10-8-7-9-12(13)19-15(26)18(23,5)6/h7-11H,1-6H3,(H,19,26). The van der Waals surface area contributed by atoms with E-state index < -0.39 is 10.8 Å². The molecule has 0 spiro atoms. The number of nitrogens with zero attached hydrogens (tertiary/aromatic N) is 5. The van der Waals surface area contributed by atoms with Gasteiger partial charge in [0.2, 0.25) is 17.0 Å². The Morgan fingerprint density at radius 2 is 1.93 bits per heavy atom. The highest BCUT2D eigenvalue weighted by Gasteiger charge is 2.45. The fourth-order valence-corrected chi connectivity index (χ4v) is 3.93. The Morgan fingerprint density at radius 1 is 1.26 bits per heavy atom. The van der Waals surface area contributed by atoms with Gasteiger partial charge in [-0.15, -0.1) is 5.10 Å². The Hall–Kier alpha value is -2.42. The average Bonchev–Trinajstić information content (AvgIpc) is 3.03. The minimum absolute atomic E-state index is 0.171. The van der Waals surface area contributed by atoms with Crippen LogP contribution in [-0.4, -0.2) is 42.8 Å². The number of rotatable bonds is 3. The quantitative estimate of drug-likeness (QED) is 0.813. The van der Waals surface area contributed by atoms with Gasteiger partial charge in [-0.2, -0.15) is 0 Å². The van der Waals surface area contributed by atoms with Crippen molar-refractivity contribution in [2.75, 3.05) is 10.2 Å². The van der Waals surface area contributed by atoms with E-state index in [2.05, 4.69) is 20.8 Å². The van der Waals surface area contributed by atoms with Crippen LogP contribution in [0.1, 0.15) is 41.5 Å². The average molecular weight is 388 g/mol. The number of carbonyl (C=O) groups excluding carboxylic acids is 2. The molecule has 3 rings (SSSR count). The summed E-state index contributed by atoms with van der Waals surface area (Å²) in [5.41, 5.74) is 0.0173. The normalized spacial score (nSPS) is 17.3. The van der Waals surface area contributed by atoms with Gasteiger partial charge in [0.15, 0.2) is 0 Å². The van der Waals surface area contributed by atoms with E-state index >= 15 is 0 Å². The second-order valence-corrected chi connectivity index (χ2v) is 9.32. The number of anilines is 2. The van der Waals surface area contributed by atoms with Gasteiger partial charge in [0, 0.05) is 0 Å². The monoisotopic (exact) mass is 388 g/mol. The zero-order valence-electron chi connectivity index (χ0n) is 16.3. The molecular weight excluding hydrogens is 364 g/mol. The molecule has 1 aromatic heterocycles. The van der Waals surface area contributed by atoms with Crippen LogP contribution in [0.3, 0.4) is 0 Å². The van der Waals surface area contributed by atoms with E-state index in [0.29, 0.717) is 16.5 Å². The van der Waals surface area contributed by atoms with Gasteiger partial charge in [0.05, 0.1) is 22.2 Å². The van der Waals surface area contributed by atoms with Crippen molar-refractivity contribution in [1.82, 2.24) is 20.2 Å². The topological polar surface area (TPSA) is 93.0 Å².